The van der Waals surface area contributed by atoms with Gasteiger partial charge in [0.1, 0.15) is 22.7 Å². The van der Waals surface area contributed by atoms with Crippen LogP contribution in [0.5, 0.6) is 0 Å². The number of fused-ring (bicyclic) bond motifs is 2. The number of benzene rings is 2. The Balaban J connectivity index is 1.97. The van der Waals surface area contributed by atoms with Crippen LogP contribution >= 0.6 is 0 Å². The van der Waals surface area contributed by atoms with Gasteiger partial charge >= 0.3 is 6.03 Å². The number of para-hydroxylation sites is 2. The molecule has 0 radical (unpaired) electrons. The molecule has 3 N–H and O–H groups in total. The lowest BCUT2D eigenvalue weighted by molar-refractivity contribution is -0.117. The van der Waals surface area contributed by atoms with E-state index in [4.69, 9.17) is 14.6 Å². The van der Waals surface area contributed by atoms with Gasteiger partial charge in [-0.2, -0.15) is 5.06 Å². The van der Waals surface area contributed by atoms with E-state index in [9.17, 15) is 10.0 Å². The average Bonchev–Trinajstić information content (AvgIpc) is 3.24. The Morgan fingerprint density at radius 1 is 0.960 bits per heavy atom. The van der Waals surface area contributed by atoms with Crippen molar-refractivity contribution in [1.82, 2.24) is 5.06 Å². The predicted molar refractivity (Wildman–Crippen MR) is 92.1 cm³/mol. The zero-order valence-corrected chi connectivity index (χ0v) is 13.5. The molecule has 2 amide bonds. The number of nitrogens with two attached hydrogens (primary N) is 1. The van der Waals surface area contributed by atoms with Gasteiger partial charge < -0.3 is 14.6 Å². The van der Waals surface area contributed by atoms with E-state index < -0.39 is 11.6 Å². The molecule has 25 heavy (non-hydrogen) atoms. The lowest BCUT2D eigenvalue weighted by Crippen LogP contribution is -2.48. The molecule has 0 aliphatic heterocycles. The quantitative estimate of drug-likeness (QED) is 0.433. The minimum Gasteiger partial charge on any atom is -0.458 e. The fraction of sp³-hybridized carbons (Fsp3) is 0.105. The molecule has 0 bridgehead atoms. The van der Waals surface area contributed by atoms with Crippen molar-refractivity contribution in [2.75, 3.05) is 0 Å². The molecular formula is C19H16N2O4. The van der Waals surface area contributed by atoms with Crippen LogP contribution in [0, 0.1) is 0 Å². The average molecular weight is 336 g/mol. The number of primary amides is 1. The van der Waals surface area contributed by atoms with Crippen molar-refractivity contribution in [1.29, 1.82) is 0 Å². The minimum atomic E-state index is -1.41. The van der Waals surface area contributed by atoms with E-state index in [0.717, 1.165) is 10.8 Å². The summed E-state index contributed by atoms with van der Waals surface area (Å²) in [6.07, 6.45) is 0. The molecule has 0 atom stereocenters. The first-order chi connectivity index (χ1) is 12.0. The van der Waals surface area contributed by atoms with Gasteiger partial charge in [0.05, 0.1) is 0 Å². The third-order valence-corrected chi connectivity index (χ3v) is 4.44. The van der Waals surface area contributed by atoms with E-state index in [2.05, 4.69) is 0 Å². The SMILES string of the molecule is CC(c1cc2ccccc2o1)(c1cc2ccccc2o1)N(O)C(N)=O. The maximum absolute atomic E-state index is 11.7. The second-order valence-electron chi connectivity index (χ2n) is 6.02. The van der Waals surface area contributed by atoms with Crippen LogP contribution in [0.4, 0.5) is 4.79 Å². The van der Waals surface area contributed by atoms with Crippen molar-refractivity contribution >= 4 is 28.0 Å². The number of carbonyl (C=O) groups excluding carboxylic acids is 1. The highest BCUT2D eigenvalue weighted by atomic mass is 16.5. The summed E-state index contributed by atoms with van der Waals surface area (Å²) in [5.74, 6) is 0.683. The second-order valence-corrected chi connectivity index (χ2v) is 6.02. The van der Waals surface area contributed by atoms with E-state index in [1.165, 1.54) is 0 Å². The normalized spacial score (nSPS) is 11.9. The maximum Gasteiger partial charge on any atom is 0.339 e. The Morgan fingerprint density at radius 3 is 1.80 bits per heavy atom. The number of furan rings is 2. The van der Waals surface area contributed by atoms with Gasteiger partial charge in [-0.1, -0.05) is 36.4 Å². The van der Waals surface area contributed by atoms with Gasteiger partial charge in [-0.05, 0) is 31.2 Å². The molecular weight excluding hydrogens is 320 g/mol. The smallest absolute Gasteiger partial charge is 0.339 e. The molecule has 6 nitrogen and oxygen atoms in total. The molecule has 6 heteroatoms. The molecule has 2 aromatic carbocycles. The van der Waals surface area contributed by atoms with Crippen LogP contribution in [0.3, 0.4) is 0 Å². The van der Waals surface area contributed by atoms with Crippen LogP contribution < -0.4 is 5.73 Å². The van der Waals surface area contributed by atoms with Gasteiger partial charge in [-0.3, -0.25) is 5.21 Å². The number of urea groups is 1. The molecule has 126 valence electrons. The number of nitrogens with zero attached hydrogens (tertiary/aromatic N) is 1. The van der Waals surface area contributed by atoms with E-state index in [1.54, 1.807) is 19.1 Å². The summed E-state index contributed by atoms with van der Waals surface area (Å²) in [6.45, 7) is 1.62. The molecule has 0 fully saturated rings. The van der Waals surface area contributed by atoms with Crippen LogP contribution in [0.1, 0.15) is 18.4 Å². The number of hydroxylamine groups is 2. The number of hydrogen-bond acceptors (Lipinski definition) is 4. The Kier molecular flexibility index (Phi) is 3.30. The Labute approximate surface area is 143 Å². The molecule has 0 saturated carbocycles. The van der Waals surface area contributed by atoms with Gasteiger partial charge in [-0.25, -0.2) is 4.79 Å². The molecule has 4 aromatic rings. The highest BCUT2D eigenvalue weighted by molar-refractivity contribution is 5.81. The first-order valence-electron chi connectivity index (χ1n) is 7.77. The van der Waals surface area contributed by atoms with Crippen molar-refractivity contribution < 1.29 is 18.8 Å². The van der Waals surface area contributed by atoms with Crippen molar-refractivity contribution in [3.63, 3.8) is 0 Å². The summed E-state index contributed by atoms with van der Waals surface area (Å²) in [6, 6.07) is 17.3. The lowest BCUT2D eigenvalue weighted by atomic mass is 9.94. The van der Waals surface area contributed by atoms with E-state index in [0.29, 0.717) is 27.7 Å². The molecule has 0 saturated heterocycles. The van der Waals surface area contributed by atoms with Gasteiger partial charge in [0.15, 0.2) is 5.54 Å². The molecule has 0 spiro atoms. The van der Waals surface area contributed by atoms with Gasteiger partial charge in [0.25, 0.3) is 0 Å². The summed E-state index contributed by atoms with van der Waals surface area (Å²) in [4.78, 5) is 11.7. The zero-order chi connectivity index (χ0) is 17.6. The fourth-order valence-electron chi connectivity index (χ4n) is 2.99. The zero-order valence-electron chi connectivity index (χ0n) is 13.5. The number of hydrogen-bond donors (Lipinski definition) is 2. The first kappa shape index (κ1) is 15.3. The third-order valence-electron chi connectivity index (χ3n) is 4.44. The summed E-state index contributed by atoms with van der Waals surface area (Å²) < 4.78 is 11.8. The minimum absolute atomic E-state index is 0.342. The van der Waals surface area contributed by atoms with Crippen molar-refractivity contribution in [3.8, 4) is 0 Å². The van der Waals surface area contributed by atoms with Crippen LogP contribution in [0.15, 0.2) is 69.5 Å². The highest BCUT2D eigenvalue weighted by Gasteiger charge is 2.44. The summed E-state index contributed by atoms with van der Waals surface area (Å²) in [5, 5.41) is 12.6. The molecule has 0 unspecified atom stereocenters. The Bertz CT molecular complexity index is 939. The van der Waals surface area contributed by atoms with E-state index in [1.807, 2.05) is 48.5 Å². The van der Waals surface area contributed by atoms with Crippen LogP contribution in [-0.4, -0.2) is 16.3 Å². The molecule has 0 aliphatic rings. The van der Waals surface area contributed by atoms with Crippen LogP contribution in [-0.2, 0) is 5.54 Å². The monoisotopic (exact) mass is 336 g/mol. The van der Waals surface area contributed by atoms with Gasteiger partial charge in [0.2, 0.25) is 0 Å². The molecule has 0 aliphatic carbocycles. The summed E-state index contributed by atoms with van der Waals surface area (Å²) >= 11 is 0. The topological polar surface area (TPSA) is 92.8 Å². The Hall–Kier alpha value is -3.25. The standard InChI is InChI=1S/C19H16N2O4/c1-19(21(23)18(20)22,16-10-12-6-2-4-8-14(12)24-16)17-11-13-7-3-5-9-15(13)25-17/h2-11,23H,1H3,(H2,20,22). The molecule has 2 heterocycles. The molecule has 2 aromatic heterocycles. The molecule has 4 rings (SSSR count). The van der Waals surface area contributed by atoms with Crippen molar-refractivity contribution in [3.05, 3.63) is 72.2 Å². The lowest BCUT2D eigenvalue weighted by Gasteiger charge is -2.31. The van der Waals surface area contributed by atoms with Crippen molar-refractivity contribution in [2.45, 2.75) is 12.5 Å². The summed E-state index contributed by atoms with van der Waals surface area (Å²) in [7, 11) is 0. The van der Waals surface area contributed by atoms with E-state index >= 15 is 0 Å². The second kappa shape index (κ2) is 5.39. The number of rotatable bonds is 3. The first-order valence-corrected chi connectivity index (χ1v) is 7.77. The van der Waals surface area contributed by atoms with Crippen LogP contribution in [0.25, 0.3) is 21.9 Å². The van der Waals surface area contributed by atoms with E-state index in [-0.39, 0.29) is 0 Å². The predicted octanol–water partition coefficient (Wildman–Crippen LogP) is 4.21. The van der Waals surface area contributed by atoms with Gasteiger partial charge in [0, 0.05) is 10.8 Å². The number of carbonyl (C=O) groups is 1. The highest BCUT2D eigenvalue weighted by Crippen LogP contribution is 2.40. The van der Waals surface area contributed by atoms with Crippen LogP contribution in [0.2, 0.25) is 0 Å². The Morgan fingerprint density at radius 2 is 1.40 bits per heavy atom. The maximum atomic E-state index is 11.7. The fourth-order valence-corrected chi connectivity index (χ4v) is 2.99. The third kappa shape index (κ3) is 2.27. The number of amides is 2. The largest absolute Gasteiger partial charge is 0.458 e. The van der Waals surface area contributed by atoms with Crippen molar-refractivity contribution in [2.24, 2.45) is 5.73 Å². The van der Waals surface area contributed by atoms with Gasteiger partial charge in [-0.15, -0.1) is 0 Å². The summed E-state index contributed by atoms with van der Waals surface area (Å²) in [5.41, 5.74) is 5.20.